The minimum Gasteiger partial charge on any atom is -0.341 e. The molecule has 4 rings (SSSR count). The standard InChI is InChI=1S/C20H24N4O2S/c1-15-3-4-17-18(11-15)27-14-20(26)24(17)13-19(25)22-9-5-16(6-10-22)12-23-8-2-7-21-23/h2-4,7-8,11,16H,5-6,9-10,12-14H2,1H3. The van der Waals surface area contributed by atoms with Crippen LogP contribution >= 0.6 is 11.8 Å². The Labute approximate surface area is 163 Å². The smallest absolute Gasteiger partial charge is 0.242 e. The van der Waals surface area contributed by atoms with Gasteiger partial charge in [0, 0.05) is 36.9 Å². The molecular weight excluding hydrogens is 360 g/mol. The third-order valence-corrected chi connectivity index (χ3v) is 6.35. The van der Waals surface area contributed by atoms with Gasteiger partial charge in [0.15, 0.2) is 0 Å². The minimum atomic E-state index is 0.0123. The predicted octanol–water partition coefficient (Wildman–Crippen LogP) is 2.57. The number of piperidine rings is 1. The van der Waals surface area contributed by atoms with Crippen LogP contribution in [-0.2, 0) is 16.1 Å². The molecule has 2 aliphatic rings. The Balaban J connectivity index is 1.36. The number of hydrogen-bond donors (Lipinski definition) is 0. The lowest BCUT2D eigenvalue weighted by Gasteiger charge is -2.35. The zero-order valence-electron chi connectivity index (χ0n) is 15.5. The molecule has 0 unspecified atom stereocenters. The number of carbonyl (C=O) groups excluding carboxylic acids is 2. The van der Waals surface area contributed by atoms with Gasteiger partial charge in [0.05, 0.1) is 11.4 Å². The van der Waals surface area contributed by atoms with Gasteiger partial charge in [0.25, 0.3) is 0 Å². The third-order valence-electron chi connectivity index (χ3n) is 5.32. The van der Waals surface area contributed by atoms with E-state index in [2.05, 4.69) is 11.2 Å². The first-order chi connectivity index (χ1) is 13.1. The minimum absolute atomic E-state index is 0.0123. The number of aromatic nitrogens is 2. The molecule has 142 valence electrons. The van der Waals surface area contributed by atoms with Crippen LogP contribution in [0.3, 0.4) is 0 Å². The molecule has 1 saturated heterocycles. The van der Waals surface area contributed by atoms with E-state index in [9.17, 15) is 9.59 Å². The summed E-state index contributed by atoms with van der Waals surface area (Å²) in [6.45, 7) is 4.59. The number of nitrogens with zero attached hydrogens (tertiary/aromatic N) is 4. The summed E-state index contributed by atoms with van der Waals surface area (Å²) in [4.78, 5) is 29.9. The maximum atomic E-state index is 12.8. The molecule has 1 aromatic heterocycles. The van der Waals surface area contributed by atoms with Gasteiger partial charge in [-0.3, -0.25) is 14.3 Å². The highest BCUT2D eigenvalue weighted by atomic mass is 32.2. The molecule has 2 aliphatic heterocycles. The van der Waals surface area contributed by atoms with E-state index in [0.717, 1.165) is 43.1 Å². The number of anilines is 1. The Hall–Kier alpha value is -2.28. The van der Waals surface area contributed by atoms with Crippen molar-refractivity contribution in [2.75, 3.05) is 30.3 Å². The van der Waals surface area contributed by atoms with Crippen LogP contribution in [0.5, 0.6) is 0 Å². The van der Waals surface area contributed by atoms with Crippen molar-refractivity contribution in [3.05, 3.63) is 42.2 Å². The quantitative estimate of drug-likeness (QED) is 0.813. The second-order valence-electron chi connectivity index (χ2n) is 7.29. The van der Waals surface area contributed by atoms with E-state index >= 15 is 0 Å². The van der Waals surface area contributed by atoms with Gasteiger partial charge in [0.2, 0.25) is 11.8 Å². The van der Waals surface area contributed by atoms with Crippen molar-refractivity contribution in [2.24, 2.45) is 5.92 Å². The zero-order chi connectivity index (χ0) is 18.8. The molecule has 3 heterocycles. The average Bonchev–Trinajstić information content (AvgIpc) is 3.17. The lowest BCUT2D eigenvalue weighted by atomic mass is 9.97. The Kier molecular flexibility index (Phi) is 5.20. The van der Waals surface area contributed by atoms with Gasteiger partial charge in [-0.15, -0.1) is 11.8 Å². The normalized spacial score (nSPS) is 17.9. The summed E-state index contributed by atoms with van der Waals surface area (Å²) in [6, 6.07) is 7.98. The second kappa shape index (κ2) is 7.76. The summed E-state index contributed by atoms with van der Waals surface area (Å²) in [6.07, 6.45) is 5.74. The molecule has 2 amide bonds. The van der Waals surface area contributed by atoms with Crippen molar-refractivity contribution >= 4 is 29.3 Å². The van der Waals surface area contributed by atoms with Crippen LogP contribution in [0.2, 0.25) is 0 Å². The highest BCUT2D eigenvalue weighted by Crippen LogP contribution is 2.36. The SMILES string of the molecule is Cc1ccc2c(c1)SCC(=O)N2CC(=O)N1CCC(Cn2cccn2)CC1. The lowest BCUT2D eigenvalue weighted by Crippen LogP contribution is -2.47. The molecule has 1 aromatic carbocycles. The van der Waals surface area contributed by atoms with E-state index in [1.165, 1.54) is 5.56 Å². The number of rotatable bonds is 4. The fraction of sp³-hybridized carbons (Fsp3) is 0.450. The van der Waals surface area contributed by atoms with Gasteiger partial charge in [-0.1, -0.05) is 6.07 Å². The number of fused-ring (bicyclic) bond motifs is 1. The predicted molar refractivity (Wildman–Crippen MR) is 106 cm³/mol. The highest BCUT2D eigenvalue weighted by molar-refractivity contribution is 8.00. The second-order valence-corrected chi connectivity index (χ2v) is 8.31. The third kappa shape index (κ3) is 4.03. The van der Waals surface area contributed by atoms with Crippen molar-refractivity contribution < 1.29 is 9.59 Å². The van der Waals surface area contributed by atoms with Crippen LogP contribution in [0.1, 0.15) is 18.4 Å². The van der Waals surface area contributed by atoms with Gasteiger partial charge >= 0.3 is 0 Å². The monoisotopic (exact) mass is 384 g/mol. The van der Waals surface area contributed by atoms with Crippen LogP contribution < -0.4 is 4.90 Å². The fourth-order valence-corrected chi connectivity index (χ4v) is 4.79. The molecular formula is C20H24N4O2S. The summed E-state index contributed by atoms with van der Waals surface area (Å²) in [5, 5.41) is 4.27. The van der Waals surface area contributed by atoms with Gasteiger partial charge in [0.1, 0.15) is 6.54 Å². The molecule has 27 heavy (non-hydrogen) atoms. The Morgan fingerprint density at radius 1 is 1.30 bits per heavy atom. The molecule has 0 aliphatic carbocycles. The number of carbonyl (C=O) groups is 2. The summed E-state index contributed by atoms with van der Waals surface area (Å²) < 4.78 is 1.96. The Bertz CT molecular complexity index is 829. The maximum absolute atomic E-state index is 12.8. The number of amides is 2. The van der Waals surface area contributed by atoms with Gasteiger partial charge in [-0.05, 0) is 49.4 Å². The van der Waals surface area contributed by atoms with Gasteiger partial charge in [-0.2, -0.15) is 5.10 Å². The van der Waals surface area contributed by atoms with Crippen LogP contribution in [0.25, 0.3) is 0 Å². The van der Waals surface area contributed by atoms with E-state index in [1.807, 2.05) is 40.9 Å². The average molecular weight is 385 g/mol. The summed E-state index contributed by atoms with van der Waals surface area (Å²) in [7, 11) is 0. The Morgan fingerprint density at radius 3 is 2.85 bits per heavy atom. The first-order valence-electron chi connectivity index (χ1n) is 9.39. The van der Waals surface area contributed by atoms with E-state index < -0.39 is 0 Å². The molecule has 6 nitrogen and oxygen atoms in total. The molecule has 1 fully saturated rings. The fourth-order valence-electron chi connectivity index (χ4n) is 3.76. The molecule has 0 N–H and O–H groups in total. The number of benzene rings is 1. The van der Waals surface area contributed by atoms with Crippen LogP contribution in [0.15, 0.2) is 41.6 Å². The number of hydrogen-bond acceptors (Lipinski definition) is 4. The van der Waals surface area contributed by atoms with Crippen LogP contribution in [0, 0.1) is 12.8 Å². The maximum Gasteiger partial charge on any atom is 0.242 e. The van der Waals surface area contributed by atoms with E-state index in [4.69, 9.17) is 0 Å². The van der Waals surface area contributed by atoms with Crippen molar-refractivity contribution in [3.63, 3.8) is 0 Å². The van der Waals surface area contributed by atoms with E-state index in [0.29, 0.717) is 11.7 Å². The Morgan fingerprint density at radius 2 is 2.11 bits per heavy atom. The lowest BCUT2D eigenvalue weighted by molar-refractivity contribution is -0.132. The van der Waals surface area contributed by atoms with Crippen LogP contribution in [-0.4, -0.2) is 51.9 Å². The van der Waals surface area contributed by atoms with Crippen molar-refractivity contribution in [1.29, 1.82) is 0 Å². The molecule has 0 saturated carbocycles. The van der Waals surface area contributed by atoms with E-state index in [1.54, 1.807) is 22.9 Å². The zero-order valence-corrected chi connectivity index (χ0v) is 16.3. The first kappa shape index (κ1) is 18.1. The summed E-state index contributed by atoms with van der Waals surface area (Å²) in [5.41, 5.74) is 2.03. The number of thioether (sulfide) groups is 1. The topological polar surface area (TPSA) is 58.4 Å². The van der Waals surface area contributed by atoms with Crippen LogP contribution in [0.4, 0.5) is 5.69 Å². The number of aryl methyl sites for hydroxylation is 1. The van der Waals surface area contributed by atoms with E-state index in [-0.39, 0.29) is 18.4 Å². The summed E-state index contributed by atoms with van der Waals surface area (Å²) in [5.74, 6) is 0.999. The van der Waals surface area contributed by atoms with Gasteiger partial charge in [-0.25, -0.2) is 0 Å². The largest absolute Gasteiger partial charge is 0.341 e. The van der Waals surface area contributed by atoms with Gasteiger partial charge < -0.3 is 9.80 Å². The molecule has 0 bridgehead atoms. The molecule has 2 aromatic rings. The molecule has 0 atom stereocenters. The highest BCUT2D eigenvalue weighted by Gasteiger charge is 2.30. The number of likely N-dealkylation sites (tertiary alicyclic amines) is 1. The molecule has 0 spiro atoms. The first-order valence-corrected chi connectivity index (χ1v) is 10.4. The summed E-state index contributed by atoms with van der Waals surface area (Å²) >= 11 is 1.55. The van der Waals surface area contributed by atoms with Crippen molar-refractivity contribution in [2.45, 2.75) is 31.2 Å². The molecule has 0 radical (unpaired) electrons. The van der Waals surface area contributed by atoms with Crippen molar-refractivity contribution in [3.8, 4) is 0 Å². The molecule has 7 heteroatoms. The van der Waals surface area contributed by atoms with Crippen molar-refractivity contribution in [1.82, 2.24) is 14.7 Å².